The van der Waals surface area contributed by atoms with E-state index >= 15 is 0 Å². The summed E-state index contributed by atoms with van der Waals surface area (Å²) >= 11 is 0. The molecule has 1 aliphatic rings. The smallest absolute Gasteiger partial charge is 0.179 e. The van der Waals surface area contributed by atoms with Crippen molar-refractivity contribution in [3.05, 3.63) is 48.4 Å². The number of aromatic nitrogens is 2. The molecule has 3 heterocycles. The molecule has 3 rings (SSSR count). The normalized spacial score (nSPS) is 17.2. The first-order chi connectivity index (χ1) is 11.5. The third-order valence-electron chi connectivity index (χ3n) is 4.44. The van der Waals surface area contributed by atoms with Crippen LogP contribution in [0, 0.1) is 11.3 Å². The zero-order valence-electron chi connectivity index (χ0n) is 13.4. The molecular weight excluding hydrogens is 324 g/mol. The fourth-order valence-corrected chi connectivity index (χ4v) is 3.92. The average Bonchev–Trinajstić information content (AvgIpc) is 2.62. The lowest BCUT2D eigenvalue weighted by Gasteiger charge is -2.37. The van der Waals surface area contributed by atoms with E-state index in [9.17, 15) is 13.7 Å². The van der Waals surface area contributed by atoms with Gasteiger partial charge in [-0.05, 0) is 37.1 Å². The fraction of sp³-hybridized carbons (Fsp3) is 0.353. The first kappa shape index (κ1) is 16.4. The Balaban J connectivity index is 1.88. The third kappa shape index (κ3) is 2.97. The van der Waals surface area contributed by atoms with Gasteiger partial charge in [0.15, 0.2) is 9.84 Å². The molecule has 0 aliphatic carbocycles. The minimum Gasteiger partial charge on any atom is -0.355 e. The minimum absolute atomic E-state index is 0.229. The second-order valence-corrected chi connectivity index (χ2v) is 7.98. The van der Waals surface area contributed by atoms with Crippen molar-refractivity contribution >= 4 is 15.7 Å². The SMILES string of the molecule is CS(=O)(=O)c1cccnc1N1CCC(C#N)(c2ccccn2)CC1. The van der Waals surface area contributed by atoms with Crippen LogP contribution in [0.1, 0.15) is 18.5 Å². The molecule has 1 saturated heterocycles. The maximum atomic E-state index is 12.0. The van der Waals surface area contributed by atoms with Gasteiger partial charge in [0, 0.05) is 31.7 Å². The monoisotopic (exact) mass is 342 g/mol. The summed E-state index contributed by atoms with van der Waals surface area (Å²) in [6.45, 7) is 1.12. The van der Waals surface area contributed by atoms with Crippen LogP contribution in [0.15, 0.2) is 47.6 Å². The van der Waals surface area contributed by atoms with Gasteiger partial charge in [0.25, 0.3) is 0 Å². The van der Waals surface area contributed by atoms with Crippen LogP contribution in [-0.4, -0.2) is 37.7 Å². The fourth-order valence-electron chi connectivity index (χ4n) is 3.08. The molecule has 0 amide bonds. The Bertz CT molecular complexity index is 867. The molecular formula is C17H18N4O2S. The van der Waals surface area contributed by atoms with Crippen LogP contribution < -0.4 is 4.90 Å². The first-order valence-corrected chi connectivity index (χ1v) is 9.58. The molecule has 0 bridgehead atoms. The second kappa shape index (κ2) is 6.21. The summed E-state index contributed by atoms with van der Waals surface area (Å²) in [5, 5.41) is 9.72. The molecule has 2 aromatic heterocycles. The van der Waals surface area contributed by atoms with Crippen LogP contribution in [0.5, 0.6) is 0 Å². The summed E-state index contributed by atoms with van der Waals surface area (Å²) in [5.74, 6) is 0.465. The lowest BCUT2D eigenvalue weighted by Crippen LogP contribution is -2.43. The number of hydrogen-bond acceptors (Lipinski definition) is 6. The number of sulfone groups is 1. The van der Waals surface area contributed by atoms with Gasteiger partial charge in [-0.3, -0.25) is 4.98 Å². The van der Waals surface area contributed by atoms with Crippen LogP contribution in [0.4, 0.5) is 5.82 Å². The van der Waals surface area contributed by atoms with Crippen LogP contribution in [0.3, 0.4) is 0 Å². The third-order valence-corrected chi connectivity index (χ3v) is 5.55. The first-order valence-electron chi connectivity index (χ1n) is 7.69. The van der Waals surface area contributed by atoms with Gasteiger partial charge in [0.1, 0.15) is 16.1 Å². The molecule has 124 valence electrons. The molecule has 0 spiro atoms. The van der Waals surface area contributed by atoms with E-state index in [1.165, 1.54) is 6.26 Å². The molecule has 0 N–H and O–H groups in total. The maximum Gasteiger partial charge on any atom is 0.179 e. The van der Waals surface area contributed by atoms with E-state index in [0.717, 1.165) is 5.69 Å². The molecule has 1 fully saturated rings. The van der Waals surface area contributed by atoms with Crippen molar-refractivity contribution in [3.8, 4) is 6.07 Å². The van der Waals surface area contributed by atoms with Crippen LogP contribution in [0.2, 0.25) is 0 Å². The predicted octanol–water partition coefficient (Wildman–Crippen LogP) is 1.94. The van der Waals surface area contributed by atoms with E-state index in [-0.39, 0.29) is 4.90 Å². The summed E-state index contributed by atoms with van der Waals surface area (Å²) < 4.78 is 23.9. The van der Waals surface area contributed by atoms with Gasteiger partial charge in [-0.25, -0.2) is 13.4 Å². The number of rotatable bonds is 3. The molecule has 24 heavy (non-hydrogen) atoms. The highest BCUT2D eigenvalue weighted by Crippen LogP contribution is 2.36. The van der Waals surface area contributed by atoms with Crippen molar-refractivity contribution in [2.24, 2.45) is 0 Å². The summed E-state index contributed by atoms with van der Waals surface area (Å²) in [6.07, 6.45) is 5.64. The van der Waals surface area contributed by atoms with Gasteiger partial charge in [0.05, 0.1) is 11.8 Å². The van der Waals surface area contributed by atoms with Crippen molar-refractivity contribution in [1.82, 2.24) is 9.97 Å². The van der Waals surface area contributed by atoms with E-state index < -0.39 is 15.3 Å². The van der Waals surface area contributed by atoms with Gasteiger partial charge in [-0.2, -0.15) is 5.26 Å². The predicted molar refractivity (Wildman–Crippen MR) is 90.3 cm³/mol. The van der Waals surface area contributed by atoms with E-state index in [0.29, 0.717) is 31.7 Å². The summed E-state index contributed by atoms with van der Waals surface area (Å²) in [7, 11) is -3.35. The van der Waals surface area contributed by atoms with E-state index in [2.05, 4.69) is 16.0 Å². The highest BCUT2D eigenvalue weighted by molar-refractivity contribution is 7.90. The molecule has 0 radical (unpaired) electrons. The van der Waals surface area contributed by atoms with E-state index in [1.54, 1.807) is 24.5 Å². The minimum atomic E-state index is -3.35. The molecule has 0 unspecified atom stereocenters. The van der Waals surface area contributed by atoms with Crippen molar-refractivity contribution in [3.63, 3.8) is 0 Å². The van der Waals surface area contributed by atoms with E-state index in [1.807, 2.05) is 23.1 Å². The van der Waals surface area contributed by atoms with Gasteiger partial charge >= 0.3 is 0 Å². The average molecular weight is 342 g/mol. The van der Waals surface area contributed by atoms with Crippen molar-refractivity contribution < 1.29 is 8.42 Å². The zero-order chi connectivity index (χ0) is 17.2. The number of pyridine rings is 2. The summed E-state index contributed by atoms with van der Waals surface area (Å²) in [4.78, 5) is 10.8. The molecule has 0 aromatic carbocycles. The summed E-state index contributed by atoms with van der Waals surface area (Å²) in [6, 6.07) is 11.2. The topological polar surface area (TPSA) is 87.0 Å². The van der Waals surface area contributed by atoms with Crippen LogP contribution in [0.25, 0.3) is 0 Å². The Kier molecular flexibility index (Phi) is 4.24. The molecule has 0 saturated carbocycles. The van der Waals surface area contributed by atoms with E-state index in [4.69, 9.17) is 0 Å². The number of nitriles is 1. The molecule has 1 aliphatic heterocycles. The van der Waals surface area contributed by atoms with Gasteiger partial charge in [-0.15, -0.1) is 0 Å². The zero-order valence-corrected chi connectivity index (χ0v) is 14.2. The Morgan fingerprint density at radius 2 is 1.83 bits per heavy atom. The van der Waals surface area contributed by atoms with Crippen molar-refractivity contribution in [2.45, 2.75) is 23.2 Å². The Morgan fingerprint density at radius 1 is 1.12 bits per heavy atom. The maximum absolute atomic E-state index is 12.0. The number of anilines is 1. The van der Waals surface area contributed by atoms with Gasteiger partial charge in [0.2, 0.25) is 0 Å². The van der Waals surface area contributed by atoms with Gasteiger partial charge in [-0.1, -0.05) is 6.07 Å². The van der Waals surface area contributed by atoms with Crippen molar-refractivity contribution in [2.75, 3.05) is 24.2 Å². The standard InChI is InChI=1S/C17H18N4O2S/c1-24(22,23)14-5-4-10-20-16(14)21-11-7-17(13-18,8-12-21)15-6-2-3-9-19-15/h2-6,9-10H,7-8,11-12H2,1H3. The Hall–Kier alpha value is -2.46. The molecule has 2 aromatic rings. The lowest BCUT2D eigenvalue weighted by atomic mass is 9.76. The number of nitrogens with zero attached hydrogens (tertiary/aromatic N) is 4. The Morgan fingerprint density at radius 3 is 2.42 bits per heavy atom. The molecule has 7 heteroatoms. The Labute approximate surface area is 141 Å². The number of piperidine rings is 1. The largest absolute Gasteiger partial charge is 0.355 e. The highest BCUT2D eigenvalue weighted by Gasteiger charge is 2.38. The van der Waals surface area contributed by atoms with Crippen LogP contribution >= 0.6 is 0 Å². The number of hydrogen-bond donors (Lipinski definition) is 0. The van der Waals surface area contributed by atoms with Crippen molar-refractivity contribution in [1.29, 1.82) is 5.26 Å². The molecule has 0 atom stereocenters. The highest BCUT2D eigenvalue weighted by atomic mass is 32.2. The van der Waals surface area contributed by atoms with Crippen LogP contribution in [-0.2, 0) is 15.3 Å². The summed E-state index contributed by atoms with van der Waals surface area (Å²) in [5.41, 5.74) is 0.147. The molecule has 6 nitrogen and oxygen atoms in total. The van der Waals surface area contributed by atoms with Gasteiger partial charge < -0.3 is 4.90 Å². The second-order valence-electron chi connectivity index (χ2n) is 5.99. The quantitative estimate of drug-likeness (QED) is 0.847. The lowest BCUT2D eigenvalue weighted by molar-refractivity contribution is 0.404.